The Hall–Kier alpha value is -4.01. The van der Waals surface area contributed by atoms with Gasteiger partial charge < -0.3 is 23.8 Å². The van der Waals surface area contributed by atoms with Crippen molar-refractivity contribution in [3.63, 3.8) is 0 Å². The van der Waals surface area contributed by atoms with Gasteiger partial charge >= 0.3 is 5.97 Å². The van der Waals surface area contributed by atoms with E-state index in [1.807, 2.05) is 36.4 Å². The van der Waals surface area contributed by atoms with Crippen LogP contribution in [0.2, 0.25) is 0 Å². The van der Waals surface area contributed by atoms with Gasteiger partial charge in [-0.3, -0.25) is 9.59 Å². The first-order valence-electron chi connectivity index (χ1n) is 11.9. The minimum atomic E-state index is -0.332. The first kappa shape index (κ1) is 25.1. The maximum absolute atomic E-state index is 13.8. The van der Waals surface area contributed by atoms with E-state index < -0.39 is 0 Å². The molecule has 2 heterocycles. The highest BCUT2D eigenvalue weighted by molar-refractivity contribution is 5.95. The van der Waals surface area contributed by atoms with E-state index in [4.69, 9.17) is 24.0 Å². The highest BCUT2D eigenvalue weighted by Gasteiger charge is 2.32. The molecular weight excluding hydrogens is 462 g/mol. The number of carbonyl (C=O) groups excluding carboxylic acids is 2. The van der Waals surface area contributed by atoms with Crippen LogP contribution >= 0.6 is 0 Å². The third-order valence-corrected chi connectivity index (χ3v) is 6.26. The molecule has 0 N–H and O–H groups in total. The Morgan fingerprint density at radius 3 is 2.36 bits per heavy atom. The zero-order valence-corrected chi connectivity index (χ0v) is 21.0. The Balaban J connectivity index is 1.74. The minimum Gasteiger partial charge on any atom is -0.497 e. The minimum absolute atomic E-state index is 0.203. The number of ether oxygens (including phenoxy) is 4. The van der Waals surface area contributed by atoms with Gasteiger partial charge in [0.1, 0.15) is 22.9 Å². The van der Waals surface area contributed by atoms with E-state index in [9.17, 15) is 9.59 Å². The molecule has 1 atom stereocenters. The zero-order chi connectivity index (χ0) is 25.7. The molecule has 1 saturated heterocycles. The molecule has 1 amide bonds. The van der Waals surface area contributed by atoms with Gasteiger partial charge in [-0.2, -0.15) is 5.10 Å². The summed E-state index contributed by atoms with van der Waals surface area (Å²) in [6.07, 6.45) is 1.43. The van der Waals surface area contributed by atoms with E-state index >= 15 is 0 Å². The highest BCUT2D eigenvalue weighted by Crippen LogP contribution is 2.34. The Labute approximate surface area is 210 Å². The summed E-state index contributed by atoms with van der Waals surface area (Å²) in [6, 6.07) is 14.5. The van der Waals surface area contributed by atoms with Crippen molar-refractivity contribution >= 4 is 11.9 Å². The predicted molar refractivity (Wildman–Crippen MR) is 134 cm³/mol. The van der Waals surface area contributed by atoms with Gasteiger partial charge in [0.2, 0.25) is 0 Å². The third-order valence-electron chi connectivity index (χ3n) is 6.26. The van der Waals surface area contributed by atoms with E-state index in [1.54, 1.807) is 50.0 Å². The third kappa shape index (κ3) is 5.15. The van der Waals surface area contributed by atoms with Crippen molar-refractivity contribution in [2.24, 2.45) is 5.92 Å². The van der Waals surface area contributed by atoms with Crippen molar-refractivity contribution in [2.75, 3.05) is 41.0 Å². The number of piperidine rings is 1. The van der Waals surface area contributed by atoms with Gasteiger partial charge in [0.05, 0.1) is 45.2 Å². The average Bonchev–Trinajstić information content (AvgIpc) is 3.37. The number of likely N-dealkylation sites (tertiary alicyclic amines) is 1. The van der Waals surface area contributed by atoms with Crippen LogP contribution in [0.3, 0.4) is 0 Å². The molecule has 1 aliphatic rings. The normalized spacial score (nSPS) is 15.3. The van der Waals surface area contributed by atoms with Crippen molar-refractivity contribution in [3.05, 3.63) is 54.2 Å². The number of methoxy groups -OCH3 is 3. The lowest BCUT2D eigenvalue weighted by Crippen LogP contribution is -2.43. The van der Waals surface area contributed by atoms with E-state index in [-0.39, 0.29) is 17.8 Å². The van der Waals surface area contributed by atoms with Crippen molar-refractivity contribution in [1.82, 2.24) is 14.7 Å². The molecule has 36 heavy (non-hydrogen) atoms. The zero-order valence-electron chi connectivity index (χ0n) is 21.0. The van der Waals surface area contributed by atoms with Crippen LogP contribution in [0.4, 0.5) is 0 Å². The molecule has 0 spiro atoms. The number of hydrogen-bond acceptors (Lipinski definition) is 7. The lowest BCUT2D eigenvalue weighted by molar-refractivity contribution is -0.149. The SMILES string of the molecule is CCOC(=O)C1CCCN(C(=O)c2cc(-c3ccc(OC)cc3OC)nn2-c2ccc(OC)cc2)C1. The van der Waals surface area contributed by atoms with Gasteiger partial charge in [-0.25, -0.2) is 4.68 Å². The summed E-state index contributed by atoms with van der Waals surface area (Å²) in [4.78, 5) is 27.8. The number of nitrogens with zero attached hydrogens (tertiary/aromatic N) is 3. The van der Waals surface area contributed by atoms with E-state index in [0.29, 0.717) is 60.4 Å². The average molecular weight is 494 g/mol. The molecule has 1 aromatic heterocycles. The molecular formula is C27H31N3O6. The monoisotopic (exact) mass is 493 g/mol. The Morgan fingerprint density at radius 1 is 0.972 bits per heavy atom. The quantitative estimate of drug-likeness (QED) is 0.438. The fourth-order valence-electron chi connectivity index (χ4n) is 4.37. The molecule has 0 bridgehead atoms. The number of rotatable bonds is 8. The molecule has 1 fully saturated rings. The standard InChI is InChI=1S/C27H31N3O6/c1-5-36-27(32)18-7-6-14-29(17-18)26(31)24-16-23(22-13-12-21(34-3)15-25(22)35-4)28-30(24)19-8-10-20(33-2)11-9-19/h8-13,15-16,18H,5-7,14,17H2,1-4H3. The van der Waals surface area contributed by atoms with Crippen LogP contribution in [0.5, 0.6) is 17.2 Å². The predicted octanol–water partition coefficient (Wildman–Crippen LogP) is 3.98. The number of hydrogen-bond donors (Lipinski definition) is 0. The molecule has 3 aromatic rings. The summed E-state index contributed by atoms with van der Waals surface area (Å²) < 4.78 is 23.0. The van der Waals surface area contributed by atoms with Crippen LogP contribution in [0.15, 0.2) is 48.5 Å². The van der Waals surface area contributed by atoms with Crippen LogP contribution in [-0.2, 0) is 9.53 Å². The smallest absolute Gasteiger partial charge is 0.310 e. The van der Waals surface area contributed by atoms with E-state index in [2.05, 4.69) is 0 Å². The summed E-state index contributed by atoms with van der Waals surface area (Å²) in [7, 11) is 4.77. The molecule has 0 aliphatic carbocycles. The second kappa shape index (κ2) is 11.2. The van der Waals surface area contributed by atoms with Gasteiger partial charge in [0.15, 0.2) is 0 Å². The van der Waals surface area contributed by atoms with Crippen LogP contribution in [-0.4, -0.2) is 67.6 Å². The molecule has 4 rings (SSSR count). The molecule has 1 unspecified atom stereocenters. The van der Waals surface area contributed by atoms with Crippen LogP contribution in [0.1, 0.15) is 30.3 Å². The Morgan fingerprint density at radius 2 is 1.69 bits per heavy atom. The molecule has 9 heteroatoms. The second-order valence-electron chi connectivity index (χ2n) is 8.43. The fourth-order valence-corrected chi connectivity index (χ4v) is 4.37. The maximum atomic E-state index is 13.8. The molecule has 9 nitrogen and oxygen atoms in total. The maximum Gasteiger partial charge on any atom is 0.310 e. The van der Waals surface area contributed by atoms with Gasteiger partial charge in [-0.1, -0.05) is 0 Å². The number of aromatic nitrogens is 2. The van der Waals surface area contributed by atoms with Crippen molar-refractivity contribution in [2.45, 2.75) is 19.8 Å². The summed E-state index contributed by atoms with van der Waals surface area (Å²) in [5.74, 6) is 1.13. The largest absolute Gasteiger partial charge is 0.497 e. The summed E-state index contributed by atoms with van der Waals surface area (Å²) >= 11 is 0. The summed E-state index contributed by atoms with van der Waals surface area (Å²) in [5.41, 5.74) is 2.39. The van der Waals surface area contributed by atoms with E-state index in [1.165, 1.54) is 0 Å². The van der Waals surface area contributed by atoms with Crippen molar-refractivity contribution in [3.8, 4) is 34.2 Å². The Kier molecular flexibility index (Phi) is 7.77. The molecule has 1 aliphatic heterocycles. The first-order chi connectivity index (χ1) is 17.5. The molecule has 0 radical (unpaired) electrons. The first-order valence-corrected chi connectivity index (χ1v) is 11.9. The molecule has 0 saturated carbocycles. The van der Waals surface area contributed by atoms with Gasteiger partial charge in [-0.15, -0.1) is 0 Å². The van der Waals surface area contributed by atoms with Crippen molar-refractivity contribution in [1.29, 1.82) is 0 Å². The topological polar surface area (TPSA) is 92.1 Å². The number of carbonyl (C=O) groups is 2. The van der Waals surface area contributed by atoms with Crippen molar-refractivity contribution < 1.29 is 28.5 Å². The number of esters is 1. The van der Waals surface area contributed by atoms with Gasteiger partial charge in [0, 0.05) is 24.7 Å². The lowest BCUT2D eigenvalue weighted by Gasteiger charge is -2.31. The van der Waals surface area contributed by atoms with Crippen LogP contribution in [0.25, 0.3) is 16.9 Å². The fraction of sp³-hybridized carbons (Fsp3) is 0.370. The number of amides is 1. The van der Waals surface area contributed by atoms with Gasteiger partial charge in [0.25, 0.3) is 5.91 Å². The van der Waals surface area contributed by atoms with Gasteiger partial charge in [-0.05, 0) is 62.2 Å². The summed E-state index contributed by atoms with van der Waals surface area (Å²) in [5, 5.41) is 4.79. The van der Waals surface area contributed by atoms with Crippen LogP contribution in [0, 0.1) is 5.92 Å². The van der Waals surface area contributed by atoms with Crippen LogP contribution < -0.4 is 14.2 Å². The second-order valence-corrected chi connectivity index (χ2v) is 8.43. The Bertz CT molecular complexity index is 1220. The highest BCUT2D eigenvalue weighted by atomic mass is 16.5. The summed E-state index contributed by atoms with van der Waals surface area (Å²) in [6.45, 7) is 2.98. The van der Waals surface area contributed by atoms with E-state index in [0.717, 1.165) is 12.0 Å². The molecule has 190 valence electrons. The lowest BCUT2D eigenvalue weighted by atomic mass is 9.98. The molecule has 2 aromatic carbocycles. The number of benzene rings is 2.